The molecule has 0 atom stereocenters. The first-order valence-corrected chi connectivity index (χ1v) is 5.95. The van der Waals surface area contributed by atoms with Crippen LogP contribution in [-0.4, -0.2) is 17.8 Å². The molecule has 0 bridgehead atoms. The number of primary amides is 1. The van der Waals surface area contributed by atoms with Crippen LogP contribution in [0.4, 0.5) is 13.2 Å². The first-order chi connectivity index (χ1) is 9.07. The van der Waals surface area contributed by atoms with Gasteiger partial charge in [-0.1, -0.05) is 12.1 Å². The summed E-state index contributed by atoms with van der Waals surface area (Å²) >= 11 is 0. The zero-order chi connectivity index (χ0) is 15.4. The number of hydrogen-bond acceptors (Lipinski definition) is 3. The minimum absolute atomic E-state index is 0.131. The Labute approximate surface area is 115 Å². The van der Waals surface area contributed by atoms with Crippen LogP contribution in [0.5, 0.6) is 5.75 Å². The van der Waals surface area contributed by atoms with Crippen molar-refractivity contribution in [1.82, 2.24) is 5.32 Å². The van der Waals surface area contributed by atoms with Gasteiger partial charge in [0, 0.05) is 18.5 Å². The minimum Gasteiger partial charge on any atom is -0.406 e. The molecule has 1 rings (SSSR count). The van der Waals surface area contributed by atoms with Crippen molar-refractivity contribution in [2.24, 2.45) is 5.73 Å². The molecule has 1 amide bonds. The van der Waals surface area contributed by atoms with Crippen molar-refractivity contribution < 1.29 is 22.7 Å². The molecule has 0 saturated carbocycles. The summed E-state index contributed by atoms with van der Waals surface area (Å²) in [6.45, 7) is 3.87. The van der Waals surface area contributed by atoms with Crippen molar-refractivity contribution >= 4 is 5.91 Å². The van der Waals surface area contributed by atoms with E-state index in [0.717, 1.165) is 0 Å². The van der Waals surface area contributed by atoms with E-state index in [1.165, 1.54) is 18.2 Å². The predicted molar refractivity (Wildman–Crippen MR) is 67.9 cm³/mol. The third kappa shape index (κ3) is 6.42. The Balaban J connectivity index is 2.65. The van der Waals surface area contributed by atoms with Gasteiger partial charge >= 0.3 is 6.36 Å². The summed E-state index contributed by atoms with van der Waals surface area (Å²) in [5, 5.41) is 3.06. The lowest BCUT2D eigenvalue weighted by atomic mass is 10.00. The number of benzene rings is 1. The van der Waals surface area contributed by atoms with Crippen molar-refractivity contribution in [3.8, 4) is 5.75 Å². The molecular formula is C13H17F3N2O2. The Morgan fingerprint density at radius 2 is 2.00 bits per heavy atom. The third-order valence-corrected chi connectivity index (χ3v) is 2.52. The summed E-state index contributed by atoms with van der Waals surface area (Å²) in [6.07, 6.45) is -4.58. The Kier molecular flexibility index (Phi) is 4.99. The molecule has 0 radical (unpaired) electrons. The lowest BCUT2D eigenvalue weighted by molar-refractivity contribution is -0.274. The molecule has 0 saturated heterocycles. The molecule has 0 aromatic heterocycles. The van der Waals surface area contributed by atoms with E-state index in [4.69, 9.17) is 5.73 Å². The lowest BCUT2D eigenvalue weighted by Crippen LogP contribution is -2.42. The largest absolute Gasteiger partial charge is 0.573 e. The van der Waals surface area contributed by atoms with Crippen molar-refractivity contribution in [1.29, 1.82) is 0 Å². The van der Waals surface area contributed by atoms with E-state index in [1.807, 2.05) is 0 Å². The maximum Gasteiger partial charge on any atom is 0.573 e. The number of ether oxygens (including phenoxy) is 1. The van der Waals surface area contributed by atoms with E-state index in [0.29, 0.717) is 12.1 Å². The van der Waals surface area contributed by atoms with Gasteiger partial charge < -0.3 is 15.8 Å². The van der Waals surface area contributed by atoms with Crippen molar-refractivity contribution in [2.45, 2.75) is 38.7 Å². The molecule has 3 N–H and O–H groups in total. The molecule has 0 unspecified atom stereocenters. The number of hydrogen-bond donors (Lipinski definition) is 2. The fraction of sp³-hybridized carbons (Fsp3) is 0.462. The van der Waals surface area contributed by atoms with Crippen LogP contribution in [0.3, 0.4) is 0 Å². The number of nitrogens with two attached hydrogens (primary N) is 1. The summed E-state index contributed by atoms with van der Waals surface area (Å²) < 4.78 is 40.1. The molecule has 0 aliphatic rings. The lowest BCUT2D eigenvalue weighted by Gasteiger charge is -2.25. The van der Waals surface area contributed by atoms with Gasteiger partial charge in [0.15, 0.2) is 0 Å². The second-order valence-electron chi connectivity index (χ2n) is 5.08. The molecule has 112 valence electrons. The molecule has 7 heteroatoms. The van der Waals surface area contributed by atoms with Gasteiger partial charge in [-0.25, -0.2) is 0 Å². The molecule has 0 aliphatic heterocycles. The van der Waals surface area contributed by atoms with Gasteiger partial charge in [0.1, 0.15) is 5.75 Å². The van der Waals surface area contributed by atoms with Crippen molar-refractivity contribution in [2.75, 3.05) is 0 Å². The molecule has 20 heavy (non-hydrogen) atoms. The van der Waals surface area contributed by atoms with Gasteiger partial charge in [-0.05, 0) is 31.5 Å². The minimum atomic E-state index is -4.71. The van der Waals surface area contributed by atoms with E-state index in [9.17, 15) is 18.0 Å². The van der Waals surface area contributed by atoms with Gasteiger partial charge in [0.2, 0.25) is 5.91 Å². The number of carbonyl (C=O) groups excluding carboxylic acids is 1. The fourth-order valence-corrected chi connectivity index (χ4v) is 1.69. The van der Waals surface area contributed by atoms with E-state index in [2.05, 4.69) is 10.1 Å². The summed E-state index contributed by atoms with van der Waals surface area (Å²) in [7, 11) is 0. The van der Waals surface area contributed by atoms with Gasteiger partial charge in [-0.2, -0.15) is 0 Å². The number of nitrogens with one attached hydrogen (secondary N) is 1. The highest BCUT2D eigenvalue weighted by atomic mass is 19.4. The normalized spacial score (nSPS) is 12.2. The molecule has 0 heterocycles. The fourth-order valence-electron chi connectivity index (χ4n) is 1.69. The molecule has 1 aromatic carbocycles. The maximum atomic E-state index is 12.1. The van der Waals surface area contributed by atoms with Crippen LogP contribution in [0.25, 0.3) is 0 Å². The molecular weight excluding hydrogens is 273 g/mol. The SMILES string of the molecule is CC(C)(CC(N)=O)NCc1cccc(OC(F)(F)F)c1. The highest BCUT2D eigenvalue weighted by molar-refractivity contribution is 5.74. The average Bonchev–Trinajstić information content (AvgIpc) is 2.23. The smallest absolute Gasteiger partial charge is 0.406 e. The average molecular weight is 290 g/mol. The third-order valence-electron chi connectivity index (χ3n) is 2.52. The van der Waals surface area contributed by atoms with Gasteiger partial charge in [0.25, 0.3) is 0 Å². The second-order valence-corrected chi connectivity index (χ2v) is 5.08. The Bertz CT molecular complexity index is 473. The van der Waals surface area contributed by atoms with E-state index in [-0.39, 0.29) is 12.2 Å². The van der Waals surface area contributed by atoms with Crippen LogP contribution in [0.15, 0.2) is 24.3 Å². The number of rotatable bonds is 6. The Hall–Kier alpha value is -1.76. The summed E-state index contributed by atoms with van der Waals surface area (Å²) in [4.78, 5) is 10.9. The van der Waals surface area contributed by atoms with Crippen LogP contribution in [0, 0.1) is 0 Å². The maximum absolute atomic E-state index is 12.1. The standard InChI is InChI=1S/C13H17F3N2O2/c1-12(2,7-11(17)19)18-8-9-4-3-5-10(6-9)20-13(14,15)16/h3-6,18H,7-8H2,1-2H3,(H2,17,19). The van der Waals surface area contributed by atoms with Crippen LogP contribution in [0.1, 0.15) is 25.8 Å². The summed E-state index contributed by atoms with van der Waals surface area (Å²) in [6, 6.07) is 5.65. The van der Waals surface area contributed by atoms with Crippen molar-refractivity contribution in [3.05, 3.63) is 29.8 Å². The number of carbonyl (C=O) groups is 1. The molecule has 0 fully saturated rings. The predicted octanol–water partition coefficient (Wildman–Crippen LogP) is 2.33. The first kappa shape index (κ1) is 16.3. The number of alkyl halides is 3. The highest BCUT2D eigenvalue weighted by Gasteiger charge is 2.31. The highest BCUT2D eigenvalue weighted by Crippen LogP contribution is 2.23. The van der Waals surface area contributed by atoms with Gasteiger partial charge in [0.05, 0.1) is 0 Å². The quantitative estimate of drug-likeness (QED) is 0.845. The molecule has 1 aromatic rings. The van der Waals surface area contributed by atoms with E-state index >= 15 is 0 Å². The van der Waals surface area contributed by atoms with Crippen LogP contribution in [0.2, 0.25) is 0 Å². The molecule has 4 nitrogen and oxygen atoms in total. The van der Waals surface area contributed by atoms with E-state index in [1.54, 1.807) is 19.9 Å². The number of amides is 1. The van der Waals surface area contributed by atoms with E-state index < -0.39 is 17.8 Å². The summed E-state index contributed by atoms with van der Waals surface area (Å²) in [5.74, 6) is -0.721. The first-order valence-electron chi connectivity index (χ1n) is 5.95. The van der Waals surface area contributed by atoms with Crippen LogP contribution >= 0.6 is 0 Å². The Morgan fingerprint density at radius 1 is 1.35 bits per heavy atom. The molecule has 0 aliphatic carbocycles. The van der Waals surface area contributed by atoms with Gasteiger partial charge in [-0.3, -0.25) is 4.79 Å². The topological polar surface area (TPSA) is 64.4 Å². The zero-order valence-electron chi connectivity index (χ0n) is 11.3. The summed E-state index contributed by atoms with van der Waals surface area (Å²) in [5.41, 5.74) is 5.20. The van der Waals surface area contributed by atoms with Gasteiger partial charge in [-0.15, -0.1) is 13.2 Å². The molecule has 0 spiro atoms. The van der Waals surface area contributed by atoms with Crippen molar-refractivity contribution in [3.63, 3.8) is 0 Å². The van der Waals surface area contributed by atoms with Crippen LogP contribution in [-0.2, 0) is 11.3 Å². The number of halogens is 3. The second kappa shape index (κ2) is 6.13. The zero-order valence-corrected chi connectivity index (χ0v) is 11.3. The monoisotopic (exact) mass is 290 g/mol. The van der Waals surface area contributed by atoms with Crippen LogP contribution < -0.4 is 15.8 Å². The Morgan fingerprint density at radius 3 is 2.55 bits per heavy atom.